The largest absolute Gasteiger partial charge is 0.327 e. The van der Waals surface area contributed by atoms with E-state index in [1.165, 1.54) is 24.4 Å². The van der Waals surface area contributed by atoms with Crippen LogP contribution in [0, 0.1) is 6.92 Å². The second kappa shape index (κ2) is 7.65. The highest BCUT2D eigenvalue weighted by atomic mass is 32.1. The van der Waals surface area contributed by atoms with Crippen LogP contribution in [0.4, 0.5) is 17.6 Å². The Morgan fingerprint density at radius 3 is 3.03 bits per heavy atom. The molecular formula is C23H26N8OS. The Hall–Kier alpha value is -3.27. The minimum absolute atomic E-state index is 0.177. The fourth-order valence-electron chi connectivity index (χ4n) is 4.68. The standard InChI is InChI=1S/C23H26N8OS/c1-14-11-16(33-29-14)12-19(32)23(2)8-4-9-30(23)22-25-21(18-5-3-10-31(18)28-22)24-20-13-17(26-27-20)15-6-7-15/h3,5,10-11,13,15H,4,6-9,12H2,1-2H3,(H2,24,25,26,27,28)/t23-/m0/s1. The average Bonchev–Trinajstić information content (AvgIpc) is 3.17. The lowest BCUT2D eigenvalue weighted by atomic mass is 9.91. The third-order valence-electron chi connectivity index (χ3n) is 6.74. The van der Waals surface area contributed by atoms with Crippen molar-refractivity contribution in [3.05, 3.63) is 46.7 Å². The lowest BCUT2D eigenvalue weighted by molar-refractivity contribution is -0.122. The van der Waals surface area contributed by atoms with Gasteiger partial charge < -0.3 is 10.2 Å². The van der Waals surface area contributed by atoms with Crippen molar-refractivity contribution in [2.75, 3.05) is 16.8 Å². The average molecular weight is 463 g/mol. The van der Waals surface area contributed by atoms with Crippen LogP contribution in [-0.2, 0) is 11.2 Å². The Kier molecular flexibility index (Phi) is 4.72. The van der Waals surface area contributed by atoms with E-state index < -0.39 is 5.54 Å². The number of anilines is 3. The van der Waals surface area contributed by atoms with Crippen molar-refractivity contribution in [3.63, 3.8) is 0 Å². The first-order chi connectivity index (χ1) is 16.0. The lowest BCUT2D eigenvalue weighted by Crippen LogP contribution is -2.49. The van der Waals surface area contributed by atoms with E-state index in [4.69, 9.17) is 10.1 Å². The highest BCUT2D eigenvalue weighted by Crippen LogP contribution is 2.40. The number of ketones is 1. The molecule has 1 atom stereocenters. The predicted molar refractivity (Wildman–Crippen MR) is 127 cm³/mol. The van der Waals surface area contributed by atoms with E-state index in [1.807, 2.05) is 42.8 Å². The van der Waals surface area contributed by atoms with Crippen LogP contribution in [0.2, 0.25) is 0 Å². The van der Waals surface area contributed by atoms with Crippen molar-refractivity contribution < 1.29 is 4.79 Å². The van der Waals surface area contributed by atoms with E-state index in [2.05, 4.69) is 30.9 Å². The zero-order valence-corrected chi connectivity index (χ0v) is 19.5. The van der Waals surface area contributed by atoms with Crippen LogP contribution in [0.5, 0.6) is 0 Å². The molecule has 1 saturated carbocycles. The van der Waals surface area contributed by atoms with Crippen molar-refractivity contribution in [1.82, 2.24) is 29.2 Å². The molecular weight excluding hydrogens is 436 g/mol. The SMILES string of the molecule is Cc1cc(CC(=O)[C@]2(C)CCCN2c2nc(Nc3cc(C4CC4)[nH]n3)c3cccn3n2)sn1. The number of aryl methyl sites for hydroxylation is 1. The minimum atomic E-state index is -0.651. The molecule has 170 valence electrons. The number of hydrogen-bond acceptors (Lipinski definition) is 8. The van der Waals surface area contributed by atoms with Crippen LogP contribution in [0.25, 0.3) is 5.52 Å². The number of nitrogens with zero attached hydrogens (tertiary/aromatic N) is 6. The molecule has 9 nitrogen and oxygen atoms in total. The first-order valence-corrected chi connectivity index (χ1v) is 12.2. The maximum atomic E-state index is 13.4. The van der Waals surface area contributed by atoms with Gasteiger partial charge in [-0.3, -0.25) is 9.89 Å². The number of aromatic amines is 1. The zero-order chi connectivity index (χ0) is 22.6. The van der Waals surface area contributed by atoms with Crippen molar-refractivity contribution in [2.24, 2.45) is 0 Å². The topological polar surface area (TPSA) is 104 Å². The smallest absolute Gasteiger partial charge is 0.246 e. The van der Waals surface area contributed by atoms with Gasteiger partial charge in [0.05, 0.1) is 11.2 Å². The Balaban J connectivity index is 1.32. The molecule has 33 heavy (non-hydrogen) atoms. The van der Waals surface area contributed by atoms with E-state index in [0.29, 0.717) is 24.1 Å². The summed E-state index contributed by atoms with van der Waals surface area (Å²) in [6, 6.07) is 7.97. The summed E-state index contributed by atoms with van der Waals surface area (Å²) in [6.07, 6.45) is 6.41. The number of aromatic nitrogens is 6. The number of hydrogen-bond donors (Lipinski definition) is 2. The number of Topliss-reactive ketones (excluding diaryl/α,β-unsaturated/α-hetero) is 1. The third kappa shape index (κ3) is 3.68. The molecule has 1 aliphatic carbocycles. The van der Waals surface area contributed by atoms with E-state index in [0.717, 1.165) is 47.0 Å². The minimum Gasteiger partial charge on any atom is -0.327 e. The summed E-state index contributed by atoms with van der Waals surface area (Å²) >= 11 is 1.40. The van der Waals surface area contributed by atoms with Crippen molar-refractivity contribution in [2.45, 2.75) is 57.4 Å². The van der Waals surface area contributed by atoms with Gasteiger partial charge in [-0.2, -0.15) is 14.5 Å². The van der Waals surface area contributed by atoms with Gasteiger partial charge in [0.15, 0.2) is 17.4 Å². The summed E-state index contributed by atoms with van der Waals surface area (Å²) in [5, 5.41) is 15.7. The zero-order valence-electron chi connectivity index (χ0n) is 18.7. The molecule has 4 aromatic heterocycles. The number of rotatable bonds is 7. The van der Waals surface area contributed by atoms with Gasteiger partial charge in [-0.05, 0) is 69.3 Å². The van der Waals surface area contributed by atoms with Crippen molar-refractivity contribution >= 4 is 40.4 Å². The monoisotopic (exact) mass is 462 g/mol. The van der Waals surface area contributed by atoms with Crippen LogP contribution in [-0.4, -0.2) is 47.0 Å². The molecule has 0 aromatic carbocycles. The molecule has 4 aromatic rings. The van der Waals surface area contributed by atoms with Gasteiger partial charge in [0.25, 0.3) is 0 Å². The number of H-pyrrole nitrogens is 1. The van der Waals surface area contributed by atoms with Gasteiger partial charge in [0.2, 0.25) is 5.95 Å². The second-order valence-corrected chi connectivity index (χ2v) is 10.2. The second-order valence-electron chi connectivity index (χ2n) is 9.27. The number of carbonyl (C=O) groups excluding carboxylic acids is 1. The van der Waals surface area contributed by atoms with E-state index >= 15 is 0 Å². The van der Waals surface area contributed by atoms with Gasteiger partial charge in [0.1, 0.15) is 5.52 Å². The Bertz CT molecular complexity index is 1340. The molecule has 2 fully saturated rings. The van der Waals surface area contributed by atoms with Gasteiger partial charge in [-0.1, -0.05) is 0 Å². The molecule has 6 rings (SSSR count). The molecule has 2 N–H and O–H groups in total. The number of carbonyl (C=O) groups is 1. The van der Waals surface area contributed by atoms with E-state index in [-0.39, 0.29) is 5.78 Å². The predicted octanol–water partition coefficient (Wildman–Crippen LogP) is 4.01. The van der Waals surface area contributed by atoms with Crippen molar-refractivity contribution in [1.29, 1.82) is 0 Å². The van der Waals surface area contributed by atoms with E-state index in [9.17, 15) is 4.79 Å². The molecule has 0 unspecified atom stereocenters. The van der Waals surface area contributed by atoms with Gasteiger partial charge in [-0.25, -0.2) is 4.52 Å². The fourth-order valence-corrected chi connectivity index (χ4v) is 5.41. The third-order valence-corrected chi connectivity index (χ3v) is 7.61. The van der Waals surface area contributed by atoms with Gasteiger partial charge >= 0.3 is 0 Å². The Morgan fingerprint density at radius 2 is 2.24 bits per heavy atom. The highest BCUT2D eigenvalue weighted by Gasteiger charge is 2.44. The van der Waals surface area contributed by atoms with Crippen LogP contribution >= 0.6 is 11.5 Å². The first kappa shape index (κ1) is 20.3. The number of fused-ring (bicyclic) bond motifs is 1. The van der Waals surface area contributed by atoms with Gasteiger partial charge in [0, 0.05) is 41.7 Å². The summed E-state index contributed by atoms with van der Waals surface area (Å²) in [5.41, 5.74) is 2.33. The maximum Gasteiger partial charge on any atom is 0.246 e. The quantitative estimate of drug-likeness (QED) is 0.428. The molecule has 5 heterocycles. The molecule has 10 heteroatoms. The van der Waals surface area contributed by atoms with Gasteiger partial charge in [-0.15, -0.1) is 5.10 Å². The fraction of sp³-hybridized carbons (Fsp3) is 0.435. The van der Waals surface area contributed by atoms with E-state index in [1.54, 1.807) is 0 Å². The molecule has 1 saturated heterocycles. The molecule has 1 aliphatic heterocycles. The summed E-state index contributed by atoms with van der Waals surface area (Å²) in [7, 11) is 0. The summed E-state index contributed by atoms with van der Waals surface area (Å²) < 4.78 is 6.14. The summed E-state index contributed by atoms with van der Waals surface area (Å²) in [6.45, 7) is 4.71. The summed E-state index contributed by atoms with van der Waals surface area (Å²) in [5.74, 6) is 2.74. The molecule has 0 spiro atoms. The highest BCUT2D eigenvalue weighted by molar-refractivity contribution is 7.05. The molecule has 0 radical (unpaired) electrons. The molecule has 0 amide bonds. The lowest BCUT2D eigenvalue weighted by Gasteiger charge is -2.34. The summed E-state index contributed by atoms with van der Waals surface area (Å²) in [4.78, 5) is 21.4. The van der Waals surface area contributed by atoms with Crippen LogP contribution in [0.1, 0.15) is 54.8 Å². The Morgan fingerprint density at radius 1 is 1.36 bits per heavy atom. The van der Waals surface area contributed by atoms with Crippen LogP contribution in [0.3, 0.4) is 0 Å². The molecule has 2 aliphatic rings. The number of nitrogens with one attached hydrogen (secondary N) is 2. The maximum absolute atomic E-state index is 13.4. The van der Waals surface area contributed by atoms with Crippen LogP contribution in [0.15, 0.2) is 30.5 Å². The molecule has 0 bridgehead atoms. The first-order valence-electron chi connectivity index (χ1n) is 11.4. The van der Waals surface area contributed by atoms with Crippen LogP contribution < -0.4 is 10.2 Å². The Labute approximate surface area is 195 Å². The normalized spacial score (nSPS) is 20.6. The van der Waals surface area contributed by atoms with Crippen molar-refractivity contribution in [3.8, 4) is 0 Å².